The molecule has 2 unspecified atom stereocenters. The van der Waals surface area contributed by atoms with Gasteiger partial charge in [0.2, 0.25) is 0 Å². The number of methoxy groups -OCH3 is 1. The Morgan fingerprint density at radius 2 is 1.61 bits per heavy atom. The van der Waals surface area contributed by atoms with E-state index in [2.05, 4.69) is 77.4 Å². The van der Waals surface area contributed by atoms with Gasteiger partial charge >= 0.3 is 0 Å². The molecule has 3 nitrogen and oxygen atoms in total. The van der Waals surface area contributed by atoms with Gasteiger partial charge in [0.25, 0.3) is 0 Å². The van der Waals surface area contributed by atoms with E-state index in [9.17, 15) is 0 Å². The number of ether oxygens (including phenoxy) is 1. The van der Waals surface area contributed by atoms with Crippen LogP contribution in [0.5, 0.6) is 0 Å². The van der Waals surface area contributed by atoms with E-state index in [-0.39, 0.29) is 0 Å². The predicted octanol–water partition coefficient (Wildman–Crippen LogP) is 5.74. The van der Waals surface area contributed by atoms with Gasteiger partial charge < -0.3 is 14.5 Å². The van der Waals surface area contributed by atoms with Crippen LogP contribution >= 0.6 is 0 Å². The van der Waals surface area contributed by atoms with Crippen molar-refractivity contribution < 1.29 is 4.74 Å². The Bertz CT molecular complexity index is 621. The van der Waals surface area contributed by atoms with Crippen molar-refractivity contribution in [2.24, 2.45) is 5.92 Å². The summed E-state index contributed by atoms with van der Waals surface area (Å²) >= 11 is 0. The highest BCUT2D eigenvalue weighted by atomic mass is 16.5. The van der Waals surface area contributed by atoms with Crippen LogP contribution in [0.3, 0.4) is 0 Å². The molecule has 1 fully saturated rings. The standard InChI is InChI=1S/C25H36N2O/c1-3-4-11-18-26-19-16-22(25(21-26)28-2)17-20-27(23-12-7-5-8-13-23)24-14-9-6-10-15-24/h5-10,12-15,22,25H,3-4,11,16-21H2,1-2H3. The van der Waals surface area contributed by atoms with E-state index in [1.54, 1.807) is 0 Å². The Balaban J connectivity index is 1.61. The van der Waals surface area contributed by atoms with Gasteiger partial charge in [0.15, 0.2) is 0 Å². The SMILES string of the molecule is CCCCCN1CCC(CCN(c2ccccc2)c2ccccc2)C(OC)C1. The van der Waals surface area contributed by atoms with Gasteiger partial charge in [0.05, 0.1) is 6.10 Å². The number of benzene rings is 2. The monoisotopic (exact) mass is 380 g/mol. The molecule has 152 valence electrons. The lowest BCUT2D eigenvalue weighted by Gasteiger charge is -2.39. The van der Waals surface area contributed by atoms with Crippen LogP contribution in [0.4, 0.5) is 11.4 Å². The number of hydrogen-bond acceptors (Lipinski definition) is 3. The summed E-state index contributed by atoms with van der Waals surface area (Å²) in [5.41, 5.74) is 2.53. The van der Waals surface area contributed by atoms with Crippen molar-refractivity contribution in [2.75, 3.05) is 38.2 Å². The first-order valence-corrected chi connectivity index (χ1v) is 10.9. The van der Waals surface area contributed by atoms with E-state index in [0.29, 0.717) is 12.0 Å². The summed E-state index contributed by atoms with van der Waals surface area (Å²) < 4.78 is 5.92. The van der Waals surface area contributed by atoms with Gasteiger partial charge in [0, 0.05) is 31.6 Å². The maximum absolute atomic E-state index is 5.92. The lowest BCUT2D eigenvalue weighted by Crippen LogP contribution is -2.45. The normalized spacial score (nSPS) is 20.2. The molecule has 1 heterocycles. The highest BCUT2D eigenvalue weighted by molar-refractivity contribution is 5.62. The fourth-order valence-electron chi connectivity index (χ4n) is 4.33. The van der Waals surface area contributed by atoms with Crippen molar-refractivity contribution in [3.05, 3.63) is 60.7 Å². The smallest absolute Gasteiger partial charge is 0.0727 e. The number of nitrogens with zero attached hydrogens (tertiary/aromatic N) is 2. The number of unbranched alkanes of at least 4 members (excludes halogenated alkanes) is 2. The van der Waals surface area contributed by atoms with Crippen LogP contribution in [0.25, 0.3) is 0 Å². The van der Waals surface area contributed by atoms with Crippen LogP contribution in [0.15, 0.2) is 60.7 Å². The first-order valence-electron chi connectivity index (χ1n) is 10.9. The largest absolute Gasteiger partial charge is 0.380 e. The Hall–Kier alpha value is -1.84. The van der Waals surface area contributed by atoms with Gasteiger partial charge in [0.1, 0.15) is 0 Å². The van der Waals surface area contributed by atoms with Gasteiger partial charge in [-0.2, -0.15) is 0 Å². The third-order valence-corrected chi connectivity index (χ3v) is 6.02. The molecule has 3 heteroatoms. The lowest BCUT2D eigenvalue weighted by atomic mass is 9.90. The quantitative estimate of drug-likeness (QED) is 0.489. The molecule has 2 aromatic rings. The van der Waals surface area contributed by atoms with Crippen molar-refractivity contribution in [1.82, 2.24) is 4.90 Å². The minimum absolute atomic E-state index is 0.351. The molecule has 1 saturated heterocycles. The zero-order chi connectivity index (χ0) is 19.6. The van der Waals surface area contributed by atoms with Crippen molar-refractivity contribution in [3.63, 3.8) is 0 Å². The molecule has 2 atom stereocenters. The number of piperidine rings is 1. The summed E-state index contributed by atoms with van der Waals surface area (Å²) in [6.07, 6.45) is 6.68. The number of rotatable bonds is 10. The lowest BCUT2D eigenvalue weighted by molar-refractivity contribution is -0.0135. The van der Waals surface area contributed by atoms with E-state index in [4.69, 9.17) is 4.74 Å². The first kappa shape index (κ1) is 20.9. The molecule has 2 aromatic carbocycles. The van der Waals surface area contributed by atoms with Crippen LogP contribution in [0.1, 0.15) is 39.0 Å². The van der Waals surface area contributed by atoms with E-state index in [1.165, 1.54) is 50.1 Å². The second-order valence-corrected chi connectivity index (χ2v) is 7.94. The number of para-hydroxylation sites is 2. The number of hydrogen-bond donors (Lipinski definition) is 0. The summed E-state index contributed by atoms with van der Waals surface area (Å²) in [6, 6.07) is 21.5. The van der Waals surface area contributed by atoms with Crippen molar-refractivity contribution >= 4 is 11.4 Å². The zero-order valence-corrected chi connectivity index (χ0v) is 17.6. The summed E-state index contributed by atoms with van der Waals surface area (Å²) in [6.45, 7) is 6.82. The molecule has 28 heavy (non-hydrogen) atoms. The molecular formula is C25H36N2O. The van der Waals surface area contributed by atoms with Crippen molar-refractivity contribution in [1.29, 1.82) is 0 Å². The summed E-state index contributed by atoms with van der Waals surface area (Å²) in [4.78, 5) is 5.05. The minimum Gasteiger partial charge on any atom is -0.380 e. The van der Waals surface area contributed by atoms with Crippen molar-refractivity contribution in [3.8, 4) is 0 Å². The molecule has 0 N–H and O–H groups in total. The van der Waals surface area contributed by atoms with E-state index >= 15 is 0 Å². The second kappa shape index (κ2) is 11.2. The predicted molar refractivity (Wildman–Crippen MR) is 119 cm³/mol. The van der Waals surface area contributed by atoms with E-state index in [1.807, 2.05) is 7.11 Å². The molecule has 1 aliphatic heterocycles. The molecule has 0 saturated carbocycles. The van der Waals surface area contributed by atoms with Crippen LogP contribution in [0, 0.1) is 5.92 Å². The van der Waals surface area contributed by atoms with Gasteiger partial charge in [-0.25, -0.2) is 0 Å². The zero-order valence-electron chi connectivity index (χ0n) is 17.6. The molecule has 0 spiro atoms. The fraction of sp³-hybridized carbons (Fsp3) is 0.520. The van der Waals surface area contributed by atoms with Crippen LogP contribution < -0.4 is 4.90 Å². The Kier molecular flexibility index (Phi) is 8.38. The van der Waals surface area contributed by atoms with Crippen LogP contribution in [-0.4, -0.2) is 44.3 Å². The van der Waals surface area contributed by atoms with Gasteiger partial charge in [-0.3, -0.25) is 0 Å². The van der Waals surface area contributed by atoms with E-state index in [0.717, 1.165) is 19.5 Å². The highest BCUT2D eigenvalue weighted by Gasteiger charge is 2.29. The highest BCUT2D eigenvalue weighted by Crippen LogP contribution is 2.29. The van der Waals surface area contributed by atoms with Crippen LogP contribution in [-0.2, 0) is 4.74 Å². The number of likely N-dealkylation sites (tertiary alicyclic amines) is 1. The average molecular weight is 381 g/mol. The van der Waals surface area contributed by atoms with E-state index < -0.39 is 0 Å². The molecule has 1 aliphatic rings. The third kappa shape index (κ3) is 5.83. The van der Waals surface area contributed by atoms with Gasteiger partial charge in [-0.05, 0) is 62.5 Å². The Morgan fingerprint density at radius 1 is 0.964 bits per heavy atom. The molecule has 0 aromatic heterocycles. The second-order valence-electron chi connectivity index (χ2n) is 7.94. The first-order chi connectivity index (χ1) is 13.8. The molecule has 0 aliphatic carbocycles. The fourth-order valence-corrected chi connectivity index (χ4v) is 4.33. The summed E-state index contributed by atoms with van der Waals surface area (Å²) in [5.74, 6) is 0.627. The van der Waals surface area contributed by atoms with Gasteiger partial charge in [-0.1, -0.05) is 56.2 Å². The van der Waals surface area contributed by atoms with Gasteiger partial charge in [-0.15, -0.1) is 0 Å². The summed E-state index contributed by atoms with van der Waals surface area (Å²) in [5, 5.41) is 0. The number of anilines is 2. The molecule has 0 radical (unpaired) electrons. The topological polar surface area (TPSA) is 15.7 Å². The summed E-state index contributed by atoms with van der Waals surface area (Å²) in [7, 11) is 1.89. The Morgan fingerprint density at radius 3 is 2.18 bits per heavy atom. The maximum Gasteiger partial charge on any atom is 0.0727 e. The van der Waals surface area contributed by atoms with Crippen molar-refractivity contribution in [2.45, 2.75) is 45.1 Å². The molecule has 0 bridgehead atoms. The molecule has 0 amide bonds. The maximum atomic E-state index is 5.92. The molecule has 3 rings (SSSR count). The minimum atomic E-state index is 0.351. The third-order valence-electron chi connectivity index (χ3n) is 6.02. The average Bonchev–Trinajstić information content (AvgIpc) is 2.76. The Labute approximate surface area is 171 Å². The van der Waals surface area contributed by atoms with Crippen LogP contribution in [0.2, 0.25) is 0 Å². The molecular weight excluding hydrogens is 344 g/mol.